The van der Waals surface area contributed by atoms with Crippen LogP contribution in [-0.4, -0.2) is 34.8 Å². The quantitative estimate of drug-likeness (QED) is 0.580. The topological polar surface area (TPSA) is 96.7 Å². The molecule has 4 aromatic rings. The van der Waals surface area contributed by atoms with Gasteiger partial charge in [-0.2, -0.15) is 15.2 Å². The molecule has 0 fully saturated rings. The van der Waals surface area contributed by atoms with Crippen molar-refractivity contribution in [3.8, 4) is 0 Å². The van der Waals surface area contributed by atoms with Gasteiger partial charge in [-0.15, -0.1) is 0 Å². The zero-order valence-corrected chi connectivity index (χ0v) is 11.5. The molecule has 0 atom stereocenters. The zero-order chi connectivity index (χ0) is 14.4. The Balaban J connectivity index is 1.76. The molecule has 4 heterocycles. The molecule has 2 N–H and O–H groups in total. The third-order valence-electron chi connectivity index (χ3n) is 3.37. The van der Waals surface area contributed by atoms with Gasteiger partial charge in [-0.25, -0.2) is 14.5 Å². The summed E-state index contributed by atoms with van der Waals surface area (Å²) < 4.78 is 1.70. The molecule has 4 rings (SSSR count). The number of pyridine rings is 1. The Morgan fingerprint density at radius 2 is 2.14 bits per heavy atom. The number of aromatic amines is 1. The highest BCUT2D eigenvalue weighted by Crippen LogP contribution is 2.20. The van der Waals surface area contributed by atoms with Crippen molar-refractivity contribution in [2.24, 2.45) is 0 Å². The van der Waals surface area contributed by atoms with Gasteiger partial charge in [0.05, 0.1) is 17.3 Å². The van der Waals surface area contributed by atoms with Gasteiger partial charge in [0, 0.05) is 11.9 Å². The fourth-order valence-corrected chi connectivity index (χ4v) is 2.19. The standard InChI is InChI=1S/C13H12N8/c1-7-3-11-15-6-16-21(11)5-10(7)17-13-14-4-9-8(2)19-20-12(9)18-13/h3-6H,1-2H3,(H2,14,17,18,19,20). The van der Waals surface area contributed by atoms with Crippen molar-refractivity contribution in [3.05, 3.63) is 36.0 Å². The van der Waals surface area contributed by atoms with Gasteiger partial charge in [0.2, 0.25) is 5.95 Å². The van der Waals surface area contributed by atoms with Gasteiger partial charge in [-0.05, 0) is 25.5 Å². The first-order chi connectivity index (χ1) is 10.2. The lowest BCUT2D eigenvalue weighted by atomic mass is 10.2. The molecule has 0 spiro atoms. The Labute approximate surface area is 119 Å². The third kappa shape index (κ3) is 1.88. The van der Waals surface area contributed by atoms with E-state index in [1.165, 1.54) is 6.33 Å². The molecule has 0 aliphatic heterocycles. The molecule has 21 heavy (non-hydrogen) atoms. The molecule has 8 nitrogen and oxygen atoms in total. The summed E-state index contributed by atoms with van der Waals surface area (Å²) in [6, 6.07) is 1.95. The molecule has 0 aliphatic carbocycles. The van der Waals surface area contributed by atoms with Crippen LogP contribution in [0.3, 0.4) is 0 Å². The summed E-state index contributed by atoms with van der Waals surface area (Å²) in [5.41, 5.74) is 4.32. The van der Waals surface area contributed by atoms with E-state index in [9.17, 15) is 0 Å². The summed E-state index contributed by atoms with van der Waals surface area (Å²) in [6.45, 7) is 3.93. The Morgan fingerprint density at radius 3 is 3.05 bits per heavy atom. The van der Waals surface area contributed by atoms with Crippen LogP contribution in [-0.2, 0) is 0 Å². The van der Waals surface area contributed by atoms with Crippen molar-refractivity contribution in [2.45, 2.75) is 13.8 Å². The lowest BCUT2D eigenvalue weighted by Gasteiger charge is -2.08. The molecule has 0 bridgehead atoms. The molecule has 0 unspecified atom stereocenters. The Morgan fingerprint density at radius 1 is 1.24 bits per heavy atom. The first-order valence-electron chi connectivity index (χ1n) is 6.45. The predicted molar refractivity (Wildman–Crippen MR) is 77.4 cm³/mol. The van der Waals surface area contributed by atoms with Crippen LogP contribution in [0.4, 0.5) is 11.6 Å². The van der Waals surface area contributed by atoms with Gasteiger partial charge < -0.3 is 5.32 Å². The maximum Gasteiger partial charge on any atom is 0.229 e. The highest BCUT2D eigenvalue weighted by atomic mass is 15.3. The molecule has 104 valence electrons. The molecule has 0 saturated carbocycles. The minimum Gasteiger partial charge on any atom is -0.323 e. The molecule has 8 heteroatoms. The molecular weight excluding hydrogens is 268 g/mol. The number of hydrogen-bond acceptors (Lipinski definition) is 6. The number of rotatable bonds is 2. The largest absolute Gasteiger partial charge is 0.323 e. The summed E-state index contributed by atoms with van der Waals surface area (Å²) in [4.78, 5) is 12.9. The highest BCUT2D eigenvalue weighted by Gasteiger charge is 2.08. The van der Waals surface area contributed by atoms with Crippen LogP contribution < -0.4 is 5.32 Å². The lowest BCUT2D eigenvalue weighted by molar-refractivity contribution is 0.958. The van der Waals surface area contributed by atoms with Gasteiger partial charge >= 0.3 is 0 Å². The number of nitrogens with one attached hydrogen (secondary N) is 2. The fraction of sp³-hybridized carbons (Fsp3) is 0.154. The second-order valence-corrected chi connectivity index (χ2v) is 4.84. The Hall–Kier alpha value is -3.03. The van der Waals surface area contributed by atoms with E-state index in [2.05, 4.69) is 35.6 Å². The van der Waals surface area contributed by atoms with Gasteiger partial charge in [0.15, 0.2) is 11.3 Å². The number of aryl methyl sites for hydroxylation is 2. The average molecular weight is 280 g/mol. The predicted octanol–water partition coefficient (Wildman–Crippen LogP) is 1.76. The van der Waals surface area contributed by atoms with Crippen molar-refractivity contribution in [1.29, 1.82) is 0 Å². The van der Waals surface area contributed by atoms with E-state index in [1.807, 2.05) is 26.1 Å². The second kappa shape index (κ2) is 4.23. The molecule has 0 aliphatic rings. The van der Waals surface area contributed by atoms with Crippen LogP contribution in [0.1, 0.15) is 11.3 Å². The maximum absolute atomic E-state index is 4.39. The summed E-state index contributed by atoms with van der Waals surface area (Å²) in [5, 5.41) is 15.3. The molecular formula is C13H12N8. The molecule has 0 radical (unpaired) electrons. The number of aromatic nitrogens is 7. The molecule has 0 aromatic carbocycles. The monoisotopic (exact) mass is 280 g/mol. The summed E-state index contributed by atoms with van der Waals surface area (Å²) >= 11 is 0. The number of hydrogen-bond donors (Lipinski definition) is 2. The van der Waals surface area contributed by atoms with Gasteiger partial charge in [0.1, 0.15) is 6.33 Å². The van der Waals surface area contributed by atoms with Gasteiger partial charge in [-0.1, -0.05) is 0 Å². The van der Waals surface area contributed by atoms with Crippen LogP contribution in [0.25, 0.3) is 16.7 Å². The second-order valence-electron chi connectivity index (χ2n) is 4.84. The Bertz CT molecular complexity index is 951. The average Bonchev–Trinajstić information content (AvgIpc) is 3.06. The number of anilines is 2. The highest BCUT2D eigenvalue weighted by molar-refractivity contribution is 5.78. The minimum absolute atomic E-state index is 0.497. The van der Waals surface area contributed by atoms with E-state index >= 15 is 0 Å². The fourth-order valence-electron chi connectivity index (χ4n) is 2.19. The lowest BCUT2D eigenvalue weighted by Crippen LogP contribution is -2.01. The van der Waals surface area contributed by atoms with E-state index in [1.54, 1.807) is 10.7 Å². The maximum atomic E-state index is 4.39. The van der Waals surface area contributed by atoms with Crippen molar-refractivity contribution >= 4 is 28.3 Å². The van der Waals surface area contributed by atoms with E-state index in [0.717, 1.165) is 28.0 Å². The smallest absolute Gasteiger partial charge is 0.229 e. The summed E-state index contributed by atoms with van der Waals surface area (Å²) in [7, 11) is 0. The van der Waals surface area contributed by atoms with E-state index in [0.29, 0.717) is 11.6 Å². The minimum atomic E-state index is 0.497. The molecule has 0 saturated heterocycles. The normalized spacial score (nSPS) is 11.3. The summed E-state index contributed by atoms with van der Waals surface area (Å²) in [5.74, 6) is 0.497. The third-order valence-corrected chi connectivity index (χ3v) is 3.37. The van der Waals surface area contributed by atoms with Crippen LogP contribution in [0.5, 0.6) is 0 Å². The van der Waals surface area contributed by atoms with Crippen molar-refractivity contribution in [1.82, 2.24) is 34.8 Å². The Kier molecular flexibility index (Phi) is 2.37. The molecule has 4 aromatic heterocycles. The summed E-state index contributed by atoms with van der Waals surface area (Å²) in [6.07, 6.45) is 5.14. The SMILES string of the molecule is Cc1cc2ncnn2cc1Nc1ncc2c(C)[nH]nc2n1. The first-order valence-corrected chi connectivity index (χ1v) is 6.45. The van der Waals surface area contributed by atoms with E-state index < -0.39 is 0 Å². The van der Waals surface area contributed by atoms with Crippen LogP contribution >= 0.6 is 0 Å². The van der Waals surface area contributed by atoms with Crippen molar-refractivity contribution in [3.63, 3.8) is 0 Å². The van der Waals surface area contributed by atoms with Crippen LogP contribution in [0.15, 0.2) is 24.8 Å². The number of fused-ring (bicyclic) bond motifs is 2. The van der Waals surface area contributed by atoms with Gasteiger partial charge in [0.25, 0.3) is 0 Å². The van der Waals surface area contributed by atoms with Crippen LogP contribution in [0.2, 0.25) is 0 Å². The molecule has 0 amide bonds. The van der Waals surface area contributed by atoms with Crippen molar-refractivity contribution < 1.29 is 0 Å². The van der Waals surface area contributed by atoms with E-state index in [4.69, 9.17) is 0 Å². The number of H-pyrrole nitrogens is 1. The van der Waals surface area contributed by atoms with Crippen molar-refractivity contribution in [2.75, 3.05) is 5.32 Å². The zero-order valence-electron chi connectivity index (χ0n) is 11.5. The first kappa shape index (κ1) is 11.8. The van der Waals surface area contributed by atoms with Crippen LogP contribution in [0, 0.1) is 13.8 Å². The number of nitrogens with zero attached hydrogens (tertiary/aromatic N) is 6. The van der Waals surface area contributed by atoms with Gasteiger partial charge in [-0.3, -0.25) is 5.10 Å². The van der Waals surface area contributed by atoms with E-state index in [-0.39, 0.29) is 0 Å².